The van der Waals surface area contributed by atoms with Gasteiger partial charge in [-0.2, -0.15) is 5.10 Å². The van der Waals surface area contributed by atoms with Crippen LogP contribution in [0.4, 0.5) is 0 Å². The van der Waals surface area contributed by atoms with Gasteiger partial charge in [0.1, 0.15) is 18.4 Å². The van der Waals surface area contributed by atoms with Crippen LogP contribution >= 0.6 is 0 Å². The van der Waals surface area contributed by atoms with Crippen molar-refractivity contribution < 1.29 is 9.53 Å². The number of rotatable bonds is 5. The maximum atomic E-state index is 13.1. The molecule has 1 amide bonds. The molecule has 4 rings (SSSR count). The topological polar surface area (TPSA) is 60.2 Å². The van der Waals surface area contributed by atoms with E-state index in [4.69, 9.17) is 4.74 Å². The average molecular weight is 362 g/mol. The first-order valence-electron chi connectivity index (χ1n) is 9.08. The monoisotopic (exact) mass is 362 g/mol. The van der Waals surface area contributed by atoms with E-state index in [0.29, 0.717) is 12.5 Å². The molecule has 2 heterocycles. The summed E-state index contributed by atoms with van der Waals surface area (Å²) in [5, 5.41) is 4.15. The number of aromatic nitrogens is 3. The van der Waals surface area contributed by atoms with Gasteiger partial charge in [0.25, 0.3) is 5.91 Å². The van der Waals surface area contributed by atoms with Crippen molar-refractivity contribution >= 4 is 5.91 Å². The number of benzene rings is 2. The van der Waals surface area contributed by atoms with Gasteiger partial charge in [-0.3, -0.25) is 4.79 Å². The van der Waals surface area contributed by atoms with E-state index < -0.39 is 0 Å². The Morgan fingerprint density at radius 3 is 2.74 bits per heavy atom. The Balaban J connectivity index is 1.49. The van der Waals surface area contributed by atoms with Crippen molar-refractivity contribution in [1.82, 2.24) is 19.7 Å². The van der Waals surface area contributed by atoms with Crippen LogP contribution < -0.4 is 4.74 Å². The third kappa shape index (κ3) is 3.69. The minimum Gasteiger partial charge on any atom is -0.497 e. The molecule has 3 aromatic rings. The summed E-state index contributed by atoms with van der Waals surface area (Å²) >= 11 is 0. The number of ether oxygens (including phenoxy) is 1. The van der Waals surface area contributed by atoms with Gasteiger partial charge in [-0.25, -0.2) is 9.67 Å². The van der Waals surface area contributed by atoms with Gasteiger partial charge in [-0.15, -0.1) is 0 Å². The quantitative estimate of drug-likeness (QED) is 0.700. The lowest BCUT2D eigenvalue weighted by atomic mass is 9.98. The van der Waals surface area contributed by atoms with Crippen LogP contribution in [-0.2, 0) is 6.54 Å². The third-order valence-corrected chi connectivity index (χ3v) is 5.11. The fourth-order valence-electron chi connectivity index (χ4n) is 3.62. The summed E-state index contributed by atoms with van der Waals surface area (Å²) < 4.78 is 6.96. The zero-order chi connectivity index (χ0) is 18.6. The van der Waals surface area contributed by atoms with E-state index in [0.717, 1.165) is 36.4 Å². The van der Waals surface area contributed by atoms with Crippen molar-refractivity contribution in [2.75, 3.05) is 20.2 Å². The Morgan fingerprint density at radius 1 is 1.19 bits per heavy atom. The molecular formula is C21H22N4O2. The standard InChI is InChI=1S/C21H22N4O2/c1-27-19-8-6-16(7-9-19)17-10-11-24(12-17)21(26)20-5-3-2-4-18(20)13-25-15-22-14-23-25/h2-9,14-15,17H,10-13H2,1H3. The van der Waals surface area contributed by atoms with Crippen LogP contribution in [0.5, 0.6) is 5.75 Å². The fraction of sp³-hybridized carbons (Fsp3) is 0.286. The van der Waals surface area contributed by atoms with Crippen LogP contribution in [0.2, 0.25) is 0 Å². The Labute approximate surface area is 158 Å². The van der Waals surface area contributed by atoms with Gasteiger partial charge < -0.3 is 9.64 Å². The highest BCUT2D eigenvalue weighted by atomic mass is 16.5. The molecule has 1 fully saturated rings. The predicted molar refractivity (Wildman–Crippen MR) is 102 cm³/mol. The van der Waals surface area contributed by atoms with E-state index in [1.54, 1.807) is 18.1 Å². The van der Waals surface area contributed by atoms with Gasteiger partial charge in [-0.1, -0.05) is 30.3 Å². The molecule has 0 aliphatic carbocycles. The zero-order valence-electron chi connectivity index (χ0n) is 15.3. The zero-order valence-corrected chi connectivity index (χ0v) is 15.3. The van der Waals surface area contributed by atoms with Crippen LogP contribution in [0.3, 0.4) is 0 Å². The van der Waals surface area contributed by atoms with E-state index in [1.165, 1.54) is 11.9 Å². The number of likely N-dealkylation sites (tertiary alicyclic amines) is 1. The Hall–Kier alpha value is -3.15. The maximum Gasteiger partial charge on any atom is 0.254 e. The molecule has 27 heavy (non-hydrogen) atoms. The molecule has 1 unspecified atom stereocenters. The number of hydrogen-bond acceptors (Lipinski definition) is 4. The minimum absolute atomic E-state index is 0.0849. The molecule has 6 heteroatoms. The maximum absolute atomic E-state index is 13.1. The van der Waals surface area contributed by atoms with E-state index in [9.17, 15) is 4.79 Å². The van der Waals surface area contributed by atoms with Crippen LogP contribution in [-0.4, -0.2) is 45.8 Å². The summed E-state index contributed by atoms with van der Waals surface area (Å²) in [6.45, 7) is 2.05. The van der Waals surface area contributed by atoms with E-state index in [2.05, 4.69) is 22.2 Å². The second kappa shape index (κ2) is 7.61. The highest BCUT2D eigenvalue weighted by Crippen LogP contribution is 2.29. The number of methoxy groups -OCH3 is 1. The van der Waals surface area contributed by atoms with Gasteiger partial charge in [0.05, 0.1) is 13.7 Å². The van der Waals surface area contributed by atoms with E-state index >= 15 is 0 Å². The predicted octanol–water partition coefficient (Wildman–Crippen LogP) is 2.96. The molecule has 0 spiro atoms. The third-order valence-electron chi connectivity index (χ3n) is 5.11. The molecule has 1 atom stereocenters. The van der Waals surface area contributed by atoms with Gasteiger partial charge in [0.2, 0.25) is 0 Å². The molecule has 0 bridgehead atoms. The van der Waals surface area contributed by atoms with E-state index in [-0.39, 0.29) is 5.91 Å². The molecule has 138 valence electrons. The Morgan fingerprint density at radius 2 is 2.00 bits per heavy atom. The van der Waals surface area contributed by atoms with Gasteiger partial charge in [0, 0.05) is 24.6 Å². The number of amides is 1. The lowest BCUT2D eigenvalue weighted by molar-refractivity contribution is 0.0789. The number of hydrogen-bond donors (Lipinski definition) is 0. The molecule has 0 N–H and O–H groups in total. The van der Waals surface area contributed by atoms with Crippen molar-refractivity contribution in [3.05, 3.63) is 77.9 Å². The van der Waals surface area contributed by atoms with E-state index in [1.807, 2.05) is 41.3 Å². The molecule has 1 aliphatic heterocycles. The van der Waals surface area contributed by atoms with Gasteiger partial charge in [0.15, 0.2) is 0 Å². The first-order chi connectivity index (χ1) is 13.2. The van der Waals surface area contributed by atoms with Crippen molar-refractivity contribution in [2.24, 2.45) is 0 Å². The van der Waals surface area contributed by atoms with Crippen LogP contribution in [0.25, 0.3) is 0 Å². The SMILES string of the molecule is COc1ccc(C2CCN(C(=O)c3ccccc3Cn3cncn3)C2)cc1. The highest BCUT2D eigenvalue weighted by Gasteiger charge is 2.29. The van der Waals surface area contributed by atoms with Crippen molar-refractivity contribution in [3.8, 4) is 5.75 Å². The number of carbonyl (C=O) groups is 1. The summed E-state index contributed by atoms with van der Waals surface area (Å²) in [6.07, 6.45) is 4.14. The Kier molecular flexibility index (Phi) is 4.87. The van der Waals surface area contributed by atoms with Crippen LogP contribution in [0.1, 0.15) is 33.8 Å². The lowest BCUT2D eigenvalue weighted by Crippen LogP contribution is -2.29. The number of carbonyl (C=O) groups excluding carboxylic acids is 1. The molecule has 0 saturated carbocycles. The molecule has 1 aromatic heterocycles. The molecule has 1 saturated heterocycles. The fourth-order valence-corrected chi connectivity index (χ4v) is 3.62. The molecule has 6 nitrogen and oxygen atoms in total. The second-order valence-electron chi connectivity index (χ2n) is 6.76. The van der Waals surface area contributed by atoms with Crippen LogP contribution in [0, 0.1) is 0 Å². The summed E-state index contributed by atoms with van der Waals surface area (Å²) in [5.41, 5.74) is 2.95. The highest BCUT2D eigenvalue weighted by molar-refractivity contribution is 5.96. The molecule has 0 radical (unpaired) electrons. The van der Waals surface area contributed by atoms with Crippen LogP contribution in [0.15, 0.2) is 61.2 Å². The summed E-state index contributed by atoms with van der Waals surface area (Å²) in [4.78, 5) is 19.1. The molecule has 2 aromatic carbocycles. The summed E-state index contributed by atoms with van der Waals surface area (Å²) in [7, 11) is 1.67. The minimum atomic E-state index is 0.0849. The average Bonchev–Trinajstić information content (AvgIpc) is 3.40. The van der Waals surface area contributed by atoms with Gasteiger partial charge in [-0.05, 0) is 35.7 Å². The second-order valence-corrected chi connectivity index (χ2v) is 6.76. The first-order valence-corrected chi connectivity index (χ1v) is 9.08. The first kappa shape index (κ1) is 17.3. The normalized spacial score (nSPS) is 16.5. The Bertz CT molecular complexity index is 906. The lowest BCUT2D eigenvalue weighted by Gasteiger charge is -2.19. The number of nitrogens with zero attached hydrogens (tertiary/aromatic N) is 4. The summed E-state index contributed by atoms with van der Waals surface area (Å²) in [6, 6.07) is 15.9. The molecular weight excluding hydrogens is 340 g/mol. The van der Waals surface area contributed by atoms with Crippen molar-refractivity contribution in [3.63, 3.8) is 0 Å². The van der Waals surface area contributed by atoms with Crippen molar-refractivity contribution in [2.45, 2.75) is 18.9 Å². The van der Waals surface area contributed by atoms with Gasteiger partial charge >= 0.3 is 0 Å². The molecule has 1 aliphatic rings. The van der Waals surface area contributed by atoms with Crippen molar-refractivity contribution in [1.29, 1.82) is 0 Å². The largest absolute Gasteiger partial charge is 0.497 e. The summed E-state index contributed by atoms with van der Waals surface area (Å²) in [5.74, 6) is 1.30. The smallest absolute Gasteiger partial charge is 0.254 e.